The van der Waals surface area contributed by atoms with Crippen molar-refractivity contribution < 1.29 is 0 Å². The topological polar surface area (TPSA) is 46.3 Å². The maximum atomic E-state index is 13.1. The molecule has 0 atom stereocenters. The molecule has 0 aliphatic carbocycles. The van der Waals surface area contributed by atoms with E-state index in [0.29, 0.717) is 5.56 Å². The number of aromatic nitrogens is 3. The van der Waals surface area contributed by atoms with Gasteiger partial charge in [0.2, 0.25) is 0 Å². The molecule has 0 N–H and O–H groups in total. The number of fused-ring (bicyclic) bond motifs is 1. The van der Waals surface area contributed by atoms with Crippen LogP contribution in [0.1, 0.15) is 12.8 Å². The van der Waals surface area contributed by atoms with Gasteiger partial charge in [-0.1, -0.05) is 18.2 Å². The van der Waals surface area contributed by atoms with Gasteiger partial charge in [0.05, 0.1) is 11.1 Å². The molecule has 28 heavy (non-hydrogen) atoms. The summed E-state index contributed by atoms with van der Waals surface area (Å²) < 4.78 is 3.89. The fourth-order valence-corrected chi connectivity index (χ4v) is 4.36. The van der Waals surface area contributed by atoms with Crippen molar-refractivity contribution >= 4 is 10.9 Å². The molecule has 3 heterocycles. The van der Waals surface area contributed by atoms with Gasteiger partial charge in [-0.2, -0.15) is 0 Å². The number of nitrogens with zero attached hydrogens (tertiary/aromatic N) is 5. The smallest absolute Gasteiger partial charge is 0.261 e. The molecule has 1 aromatic carbocycles. The molecule has 3 aromatic rings. The normalized spacial score (nSPS) is 17.5. The summed E-state index contributed by atoms with van der Waals surface area (Å²) in [5.41, 5.74) is 1.67. The van der Waals surface area contributed by atoms with Crippen molar-refractivity contribution in [1.82, 2.24) is 23.9 Å². The molecule has 0 amide bonds. The van der Waals surface area contributed by atoms with E-state index in [1.54, 1.807) is 4.57 Å². The van der Waals surface area contributed by atoms with Crippen LogP contribution in [0.3, 0.4) is 0 Å². The summed E-state index contributed by atoms with van der Waals surface area (Å²) in [6.07, 6.45) is 6.02. The highest BCUT2D eigenvalue weighted by atomic mass is 16.1. The molecular formula is C22H29N5O. The van der Waals surface area contributed by atoms with Crippen LogP contribution in [0.2, 0.25) is 0 Å². The quantitative estimate of drug-likeness (QED) is 0.699. The fourth-order valence-electron chi connectivity index (χ4n) is 4.36. The third-order valence-corrected chi connectivity index (χ3v) is 6.42. The first-order valence-electron chi connectivity index (χ1n) is 9.87. The van der Waals surface area contributed by atoms with E-state index >= 15 is 0 Å². The number of para-hydroxylation sites is 1. The first kappa shape index (κ1) is 18.9. The predicted octanol–water partition coefficient (Wildman–Crippen LogP) is 2.43. The number of likely N-dealkylation sites (N-methyl/N-ethyl adjacent to an activating group) is 1. The van der Waals surface area contributed by atoms with Crippen molar-refractivity contribution in [2.24, 2.45) is 7.05 Å². The van der Waals surface area contributed by atoms with Gasteiger partial charge in [-0.05, 0) is 64.6 Å². The number of aryl methyl sites for hydroxylation is 1. The van der Waals surface area contributed by atoms with E-state index < -0.39 is 0 Å². The number of likely N-dealkylation sites (tertiary alicyclic amines) is 1. The van der Waals surface area contributed by atoms with Crippen LogP contribution in [-0.4, -0.2) is 63.7 Å². The van der Waals surface area contributed by atoms with E-state index in [2.05, 4.69) is 40.5 Å². The van der Waals surface area contributed by atoms with Gasteiger partial charge < -0.3 is 18.9 Å². The van der Waals surface area contributed by atoms with Gasteiger partial charge in [-0.25, -0.2) is 4.98 Å². The summed E-state index contributed by atoms with van der Waals surface area (Å²) in [5.74, 6) is 0.756. The highest BCUT2D eigenvalue weighted by Crippen LogP contribution is 2.30. The molecule has 1 fully saturated rings. The molecule has 6 nitrogen and oxygen atoms in total. The van der Waals surface area contributed by atoms with Crippen LogP contribution >= 0.6 is 0 Å². The number of hydrogen-bond acceptors (Lipinski definition) is 4. The zero-order valence-corrected chi connectivity index (χ0v) is 17.2. The van der Waals surface area contributed by atoms with E-state index in [4.69, 9.17) is 0 Å². The first-order valence-corrected chi connectivity index (χ1v) is 9.87. The average Bonchev–Trinajstić information content (AvgIpc) is 3.14. The highest BCUT2D eigenvalue weighted by Gasteiger charge is 2.36. The van der Waals surface area contributed by atoms with Crippen molar-refractivity contribution in [3.05, 3.63) is 53.1 Å². The molecule has 0 radical (unpaired) electrons. The Morgan fingerprint density at radius 1 is 1.14 bits per heavy atom. The molecular weight excluding hydrogens is 350 g/mol. The van der Waals surface area contributed by atoms with E-state index in [1.165, 1.54) is 0 Å². The third kappa shape index (κ3) is 3.16. The highest BCUT2D eigenvalue weighted by molar-refractivity contribution is 5.83. The van der Waals surface area contributed by atoms with Crippen LogP contribution in [0.5, 0.6) is 0 Å². The Labute approximate surface area is 166 Å². The van der Waals surface area contributed by atoms with Gasteiger partial charge in [0, 0.05) is 31.5 Å². The Morgan fingerprint density at radius 2 is 1.86 bits per heavy atom. The van der Waals surface area contributed by atoms with E-state index in [9.17, 15) is 4.79 Å². The molecule has 148 valence electrons. The standard InChI is InChI=1S/C22H29N5O/c1-24(2)22(9-12-25(3)13-10-22)16-27-14-11-23-20(27)18-15-17-7-5-6-8-19(17)26(4)21(18)28/h5-8,11,14-15H,9-10,12-13,16H2,1-4H3. The molecule has 6 heteroatoms. The molecule has 1 aliphatic rings. The van der Waals surface area contributed by atoms with Crippen molar-refractivity contribution in [2.75, 3.05) is 34.2 Å². The minimum absolute atomic E-state index is 0.00608. The Hall–Kier alpha value is -2.44. The Kier molecular flexibility index (Phi) is 4.85. The van der Waals surface area contributed by atoms with Crippen LogP contribution in [0.15, 0.2) is 47.5 Å². The number of hydrogen-bond donors (Lipinski definition) is 0. The Bertz CT molecular complexity index is 1040. The summed E-state index contributed by atoms with van der Waals surface area (Å²) in [5, 5.41) is 1.05. The fraction of sp³-hybridized carbons (Fsp3) is 0.455. The van der Waals surface area contributed by atoms with Gasteiger partial charge in [0.1, 0.15) is 5.82 Å². The van der Waals surface area contributed by atoms with Gasteiger partial charge >= 0.3 is 0 Å². The maximum absolute atomic E-state index is 13.1. The maximum Gasteiger partial charge on any atom is 0.261 e. The van der Waals surface area contributed by atoms with Crippen LogP contribution in [-0.2, 0) is 13.6 Å². The lowest BCUT2D eigenvalue weighted by Gasteiger charge is -2.45. The second kappa shape index (κ2) is 7.18. The molecule has 0 bridgehead atoms. The summed E-state index contributed by atoms with van der Waals surface area (Å²) in [7, 11) is 8.34. The second-order valence-electron chi connectivity index (χ2n) is 8.28. The van der Waals surface area contributed by atoms with Crippen molar-refractivity contribution in [3.63, 3.8) is 0 Å². The number of imidazole rings is 1. The summed E-state index contributed by atoms with van der Waals surface area (Å²) >= 11 is 0. The minimum Gasteiger partial charge on any atom is -0.329 e. The molecule has 1 saturated heterocycles. The summed E-state index contributed by atoms with van der Waals surface area (Å²) in [6.45, 7) is 3.00. The van der Waals surface area contributed by atoms with E-state index in [0.717, 1.165) is 49.2 Å². The molecule has 0 saturated carbocycles. The van der Waals surface area contributed by atoms with Gasteiger partial charge in [0.25, 0.3) is 5.56 Å². The van der Waals surface area contributed by atoms with Gasteiger partial charge in [-0.3, -0.25) is 4.79 Å². The number of benzene rings is 1. The van der Waals surface area contributed by atoms with E-state index in [-0.39, 0.29) is 11.1 Å². The van der Waals surface area contributed by atoms with Crippen molar-refractivity contribution in [1.29, 1.82) is 0 Å². The monoisotopic (exact) mass is 379 g/mol. The largest absolute Gasteiger partial charge is 0.329 e. The lowest BCUT2D eigenvalue weighted by atomic mass is 9.86. The van der Waals surface area contributed by atoms with Crippen molar-refractivity contribution in [2.45, 2.75) is 24.9 Å². The minimum atomic E-state index is -0.00608. The van der Waals surface area contributed by atoms with Crippen molar-refractivity contribution in [3.8, 4) is 11.4 Å². The first-order chi connectivity index (χ1) is 13.4. The predicted molar refractivity (Wildman–Crippen MR) is 114 cm³/mol. The molecule has 0 unspecified atom stereocenters. The van der Waals surface area contributed by atoms with Crippen LogP contribution in [0, 0.1) is 0 Å². The van der Waals surface area contributed by atoms with Gasteiger partial charge in [0.15, 0.2) is 0 Å². The molecule has 2 aromatic heterocycles. The Balaban J connectivity index is 1.77. The lowest BCUT2D eigenvalue weighted by Crippen LogP contribution is -2.54. The molecule has 4 rings (SSSR count). The molecule has 0 spiro atoms. The van der Waals surface area contributed by atoms with Crippen LogP contribution in [0.25, 0.3) is 22.3 Å². The summed E-state index contributed by atoms with van der Waals surface area (Å²) in [4.78, 5) is 22.4. The SMILES string of the molecule is CN1CCC(Cn2ccnc2-c2cc3ccccc3n(C)c2=O)(N(C)C)CC1. The molecule has 1 aliphatic heterocycles. The summed E-state index contributed by atoms with van der Waals surface area (Å²) in [6, 6.07) is 9.97. The van der Waals surface area contributed by atoms with Crippen LogP contribution in [0.4, 0.5) is 0 Å². The second-order valence-corrected chi connectivity index (χ2v) is 8.28. The van der Waals surface area contributed by atoms with E-state index in [1.807, 2.05) is 49.8 Å². The Morgan fingerprint density at radius 3 is 2.57 bits per heavy atom. The van der Waals surface area contributed by atoms with Crippen LogP contribution < -0.4 is 5.56 Å². The van der Waals surface area contributed by atoms with Gasteiger partial charge in [-0.15, -0.1) is 0 Å². The lowest BCUT2D eigenvalue weighted by molar-refractivity contribution is 0.0515. The zero-order chi connectivity index (χ0) is 19.9. The third-order valence-electron chi connectivity index (χ3n) is 6.42. The average molecular weight is 380 g/mol. The number of piperidine rings is 1. The number of pyridine rings is 1. The number of rotatable bonds is 4. The zero-order valence-electron chi connectivity index (χ0n) is 17.2.